The Morgan fingerprint density at radius 1 is 0.615 bits per heavy atom. The number of nitrogens with zero attached hydrogens (tertiary/aromatic N) is 5. The summed E-state index contributed by atoms with van der Waals surface area (Å²) >= 11 is 0. The highest BCUT2D eigenvalue weighted by atomic mass is 16.2. The number of hydrogen-bond acceptors (Lipinski definition) is 8. The normalized spacial score (nSPS) is 28.9. The van der Waals surface area contributed by atoms with E-state index in [0.29, 0.717) is 68.2 Å². The molecule has 0 atom stereocenters. The van der Waals surface area contributed by atoms with Crippen LogP contribution in [0.2, 0.25) is 0 Å². The third kappa shape index (κ3) is 10.8. The number of amides is 2. The number of urea groups is 1. The second-order valence-electron chi connectivity index (χ2n) is 12.1. The zero-order valence-corrected chi connectivity index (χ0v) is 23.6. The molecule has 216 valence electrons. The molecule has 0 aromatic rings. The maximum atomic E-state index is 13.5. The van der Waals surface area contributed by atoms with Gasteiger partial charge in [0.15, 0.2) is 0 Å². The zero-order valence-electron chi connectivity index (χ0n) is 23.6. The Morgan fingerprint density at radius 2 is 0.974 bits per heavy atom. The van der Waals surface area contributed by atoms with E-state index < -0.39 is 0 Å². The quantitative estimate of drug-likeness (QED) is 0.211. The Bertz CT molecular complexity index is 887. The number of nitrogens with one attached hydrogen (secondary N) is 1. The van der Waals surface area contributed by atoms with Gasteiger partial charge in [-0.25, -0.2) is 39.2 Å². The summed E-state index contributed by atoms with van der Waals surface area (Å²) in [6.45, 7) is 3.91. The molecule has 3 rings (SSSR count). The van der Waals surface area contributed by atoms with Crippen LogP contribution in [-0.4, -0.2) is 80.6 Å². The molecule has 0 bridgehead atoms. The van der Waals surface area contributed by atoms with Crippen molar-refractivity contribution in [3.05, 3.63) is 0 Å². The van der Waals surface area contributed by atoms with Crippen LogP contribution in [0.5, 0.6) is 0 Å². The van der Waals surface area contributed by atoms with E-state index >= 15 is 0 Å². The standard InChI is InChI=1S/C29H46N6O4/c1-34(18-27-10-6-24(7-11-27)15-31-21-37)35(19-28-12-8-25(9-13-28)16-32-22-38)29(39)33-17-26-4-2-23(3-5-26)14-30-20-36/h23-28H,2-19H2,1H3,(H,33,39). The summed E-state index contributed by atoms with van der Waals surface area (Å²) in [5.74, 6) is 2.76. The fourth-order valence-electron chi connectivity index (χ4n) is 6.73. The molecular formula is C29H46N6O4. The van der Waals surface area contributed by atoms with E-state index in [1.165, 1.54) is 0 Å². The maximum Gasteiger partial charge on any atom is 0.331 e. The first kappa shape index (κ1) is 30.9. The van der Waals surface area contributed by atoms with Crippen LogP contribution in [0.1, 0.15) is 77.0 Å². The predicted octanol–water partition coefficient (Wildman–Crippen LogP) is 4.27. The third-order valence-corrected chi connectivity index (χ3v) is 9.28. The molecule has 3 saturated carbocycles. The highest BCUT2D eigenvalue weighted by Crippen LogP contribution is 2.32. The zero-order chi connectivity index (χ0) is 27.9. The van der Waals surface area contributed by atoms with Crippen molar-refractivity contribution in [3.63, 3.8) is 0 Å². The van der Waals surface area contributed by atoms with E-state index in [-0.39, 0.29) is 6.03 Å². The molecule has 10 heteroatoms. The van der Waals surface area contributed by atoms with Crippen molar-refractivity contribution in [2.45, 2.75) is 77.0 Å². The Hall–Kier alpha value is -2.63. The van der Waals surface area contributed by atoms with Crippen molar-refractivity contribution in [1.82, 2.24) is 15.3 Å². The molecule has 0 spiro atoms. The Labute approximate surface area is 232 Å². The first-order valence-corrected chi connectivity index (χ1v) is 14.9. The van der Waals surface area contributed by atoms with Gasteiger partial charge in [0.2, 0.25) is 18.2 Å². The number of hydrazine groups is 1. The lowest BCUT2D eigenvalue weighted by Gasteiger charge is -2.39. The Balaban J connectivity index is 1.52. The van der Waals surface area contributed by atoms with E-state index in [1.54, 1.807) is 18.2 Å². The van der Waals surface area contributed by atoms with E-state index in [4.69, 9.17) is 0 Å². The number of hydrogen-bond donors (Lipinski definition) is 1. The maximum absolute atomic E-state index is 13.5. The molecule has 0 aromatic carbocycles. The average Bonchev–Trinajstić information content (AvgIpc) is 2.97. The van der Waals surface area contributed by atoms with E-state index in [0.717, 1.165) is 83.6 Å². The van der Waals surface area contributed by atoms with Gasteiger partial charge in [0, 0.05) is 26.7 Å². The molecule has 2 amide bonds. The van der Waals surface area contributed by atoms with Crippen LogP contribution < -0.4 is 5.32 Å². The molecule has 39 heavy (non-hydrogen) atoms. The van der Waals surface area contributed by atoms with Gasteiger partial charge in [0.1, 0.15) is 0 Å². The van der Waals surface area contributed by atoms with E-state index in [2.05, 4.69) is 25.3 Å². The van der Waals surface area contributed by atoms with Crippen LogP contribution in [0.25, 0.3) is 0 Å². The van der Waals surface area contributed by atoms with E-state index in [1.807, 2.05) is 12.1 Å². The van der Waals surface area contributed by atoms with Gasteiger partial charge in [-0.2, -0.15) is 0 Å². The topological polar surface area (TPSA) is 124 Å². The van der Waals surface area contributed by atoms with Crippen LogP contribution in [0.3, 0.4) is 0 Å². The highest BCUT2D eigenvalue weighted by molar-refractivity contribution is 5.73. The molecule has 0 aromatic heterocycles. The van der Waals surface area contributed by atoms with Gasteiger partial charge < -0.3 is 5.32 Å². The van der Waals surface area contributed by atoms with Gasteiger partial charge in [-0.3, -0.25) is 5.01 Å². The molecule has 0 heterocycles. The first-order chi connectivity index (χ1) is 19.0. The SMILES string of the molecule is CN(CC1CCC(CN=C=O)CC1)N(CC1CCC(CN=C=O)CC1)C(=O)NCC1CCC(CN=C=O)CC1. The molecule has 1 N–H and O–H groups in total. The second kappa shape index (κ2) is 17.1. The molecule has 0 unspecified atom stereocenters. The monoisotopic (exact) mass is 542 g/mol. The minimum Gasteiger partial charge on any atom is -0.337 e. The lowest BCUT2D eigenvalue weighted by Crippen LogP contribution is -2.53. The van der Waals surface area contributed by atoms with Crippen molar-refractivity contribution >= 4 is 24.3 Å². The molecular weight excluding hydrogens is 496 g/mol. The third-order valence-electron chi connectivity index (χ3n) is 9.28. The van der Waals surface area contributed by atoms with Gasteiger partial charge in [0.25, 0.3) is 0 Å². The molecule has 10 nitrogen and oxygen atoms in total. The summed E-state index contributed by atoms with van der Waals surface area (Å²) in [5, 5.41) is 7.30. The largest absolute Gasteiger partial charge is 0.337 e. The minimum atomic E-state index is -0.0214. The van der Waals surface area contributed by atoms with E-state index in [9.17, 15) is 19.2 Å². The summed E-state index contributed by atoms with van der Waals surface area (Å²) in [4.78, 5) is 56.2. The average molecular weight is 543 g/mol. The first-order valence-electron chi connectivity index (χ1n) is 14.9. The van der Waals surface area contributed by atoms with Gasteiger partial charge in [-0.05, 0) is 113 Å². The summed E-state index contributed by atoms with van der Waals surface area (Å²) in [7, 11) is 2.03. The van der Waals surface area contributed by atoms with Crippen LogP contribution in [0.4, 0.5) is 4.79 Å². The van der Waals surface area contributed by atoms with Gasteiger partial charge >= 0.3 is 6.03 Å². The van der Waals surface area contributed by atoms with Crippen molar-refractivity contribution in [3.8, 4) is 0 Å². The molecule has 3 aliphatic carbocycles. The van der Waals surface area contributed by atoms with Crippen molar-refractivity contribution in [1.29, 1.82) is 0 Å². The van der Waals surface area contributed by atoms with Crippen LogP contribution in [0.15, 0.2) is 15.0 Å². The fourth-order valence-corrected chi connectivity index (χ4v) is 6.73. The number of aliphatic imine (C=N–C) groups is 3. The Morgan fingerprint density at radius 3 is 1.38 bits per heavy atom. The van der Waals surface area contributed by atoms with Crippen molar-refractivity contribution in [2.24, 2.45) is 50.5 Å². The van der Waals surface area contributed by atoms with Gasteiger partial charge in [0.05, 0.1) is 19.6 Å². The molecule has 0 aliphatic heterocycles. The molecule has 3 aliphatic rings. The number of isocyanates is 3. The van der Waals surface area contributed by atoms with Crippen LogP contribution in [-0.2, 0) is 14.4 Å². The molecule has 3 fully saturated rings. The second-order valence-corrected chi connectivity index (χ2v) is 12.1. The molecule has 0 radical (unpaired) electrons. The van der Waals surface area contributed by atoms with Gasteiger partial charge in [-0.1, -0.05) is 0 Å². The lowest BCUT2D eigenvalue weighted by molar-refractivity contribution is 0.000949. The summed E-state index contributed by atoms with van der Waals surface area (Å²) < 4.78 is 0. The lowest BCUT2D eigenvalue weighted by atomic mass is 9.81. The Kier molecular flexibility index (Phi) is 13.6. The summed E-state index contributed by atoms with van der Waals surface area (Å²) in [5.41, 5.74) is 0. The highest BCUT2D eigenvalue weighted by Gasteiger charge is 2.30. The fraction of sp³-hybridized carbons (Fsp3) is 0.862. The summed E-state index contributed by atoms with van der Waals surface area (Å²) in [6, 6.07) is -0.0214. The van der Waals surface area contributed by atoms with Crippen molar-refractivity contribution < 1.29 is 19.2 Å². The smallest absolute Gasteiger partial charge is 0.331 e. The number of rotatable bonds is 13. The molecule has 0 saturated heterocycles. The number of carbonyl (C=O) groups excluding carboxylic acids is 4. The minimum absolute atomic E-state index is 0.0214. The predicted molar refractivity (Wildman–Crippen MR) is 148 cm³/mol. The van der Waals surface area contributed by atoms with Crippen molar-refractivity contribution in [2.75, 3.05) is 46.3 Å². The van der Waals surface area contributed by atoms with Crippen LogP contribution >= 0.6 is 0 Å². The number of carbonyl (C=O) groups is 1. The van der Waals surface area contributed by atoms with Gasteiger partial charge in [-0.15, -0.1) is 0 Å². The summed E-state index contributed by atoms with van der Waals surface area (Å²) in [6.07, 6.45) is 17.5. The van der Waals surface area contributed by atoms with Crippen LogP contribution in [0, 0.1) is 35.5 Å².